The van der Waals surface area contributed by atoms with Crippen molar-refractivity contribution in [2.75, 3.05) is 6.26 Å². The maximum atomic E-state index is 12.3. The summed E-state index contributed by atoms with van der Waals surface area (Å²) in [6.45, 7) is 8.87. The largest absolute Gasteiger partial charge is 0.461 e. The molecule has 0 spiro atoms. The van der Waals surface area contributed by atoms with Crippen LogP contribution in [0.15, 0.2) is 29.2 Å². The Bertz CT molecular complexity index is 566. The van der Waals surface area contributed by atoms with Gasteiger partial charge in [0.05, 0.1) is 6.10 Å². The summed E-state index contributed by atoms with van der Waals surface area (Å²) < 4.78 is 10.5. The van der Waals surface area contributed by atoms with Crippen LogP contribution in [-0.4, -0.2) is 36.1 Å². The van der Waals surface area contributed by atoms with Crippen LogP contribution >= 0.6 is 11.8 Å². The number of benzene rings is 1. The number of esters is 1. The summed E-state index contributed by atoms with van der Waals surface area (Å²) in [5, 5.41) is 2.62. The molecule has 1 unspecified atom stereocenters. The van der Waals surface area contributed by atoms with Gasteiger partial charge in [0, 0.05) is 11.3 Å². The Morgan fingerprint density at radius 1 is 1.25 bits per heavy atom. The zero-order valence-electron chi connectivity index (χ0n) is 15.2. The molecule has 6 heteroatoms. The summed E-state index contributed by atoms with van der Waals surface area (Å²) in [7, 11) is 0. The van der Waals surface area contributed by atoms with E-state index in [0.717, 1.165) is 10.5 Å². The third kappa shape index (κ3) is 7.73. The van der Waals surface area contributed by atoms with E-state index in [4.69, 9.17) is 9.47 Å². The molecule has 1 rings (SSSR count). The molecule has 0 aliphatic heterocycles. The second kappa shape index (κ2) is 8.97. The standard InChI is InChI=1S/C18H27NO4S/c1-12(2)22-16(20)15(19-17(21)23-18(3,4)5)11-13-8-7-9-14(10-13)24-6/h7-10,12,15H,11H2,1-6H3,(H,19,21). The van der Waals surface area contributed by atoms with Gasteiger partial charge in [0.1, 0.15) is 11.6 Å². The van der Waals surface area contributed by atoms with Crippen LogP contribution in [0, 0.1) is 0 Å². The molecule has 24 heavy (non-hydrogen) atoms. The molecule has 0 aliphatic carbocycles. The fourth-order valence-electron chi connectivity index (χ4n) is 1.99. The first-order valence-electron chi connectivity index (χ1n) is 7.93. The minimum Gasteiger partial charge on any atom is -0.461 e. The van der Waals surface area contributed by atoms with Gasteiger partial charge in [0.15, 0.2) is 0 Å². The number of carbonyl (C=O) groups excluding carboxylic acids is 2. The first-order valence-corrected chi connectivity index (χ1v) is 9.16. The van der Waals surface area contributed by atoms with E-state index in [1.165, 1.54) is 0 Å². The van der Waals surface area contributed by atoms with Crippen LogP contribution in [0.5, 0.6) is 0 Å². The summed E-state index contributed by atoms with van der Waals surface area (Å²) in [5.41, 5.74) is 0.318. The molecule has 0 saturated heterocycles. The molecule has 0 aliphatic rings. The van der Waals surface area contributed by atoms with E-state index in [2.05, 4.69) is 5.32 Å². The molecule has 0 radical (unpaired) electrons. The third-order valence-electron chi connectivity index (χ3n) is 2.90. The van der Waals surface area contributed by atoms with Gasteiger partial charge in [-0.15, -0.1) is 11.8 Å². The molecule has 0 aromatic heterocycles. The van der Waals surface area contributed by atoms with E-state index in [1.54, 1.807) is 46.4 Å². The molecule has 1 amide bonds. The van der Waals surface area contributed by atoms with E-state index in [1.807, 2.05) is 30.5 Å². The van der Waals surface area contributed by atoms with Crippen molar-refractivity contribution in [3.8, 4) is 0 Å². The smallest absolute Gasteiger partial charge is 0.408 e. The summed E-state index contributed by atoms with van der Waals surface area (Å²) >= 11 is 1.62. The minimum atomic E-state index is -0.792. The highest BCUT2D eigenvalue weighted by molar-refractivity contribution is 7.98. The summed E-state index contributed by atoms with van der Waals surface area (Å²) in [4.78, 5) is 25.4. The number of hydrogen-bond donors (Lipinski definition) is 1. The molecule has 0 fully saturated rings. The van der Waals surface area contributed by atoms with Crippen LogP contribution in [0.3, 0.4) is 0 Å². The summed E-state index contributed by atoms with van der Waals surface area (Å²) in [6, 6.07) is 7.05. The average molecular weight is 353 g/mol. The van der Waals surface area contributed by atoms with Crippen LogP contribution < -0.4 is 5.32 Å². The van der Waals surface area contributed by atoms with Crippen molar-refractivity contribution in [3.05, 3.63) is 29.8 Å². The molecular weight excluding hydrogens is 326 g/mol. The average Bonchev–Trinajstić information content (AvgIpc) is 2.44. The highest BCUT2D eigenvalue weighted by atomic mass is 32.2. The Labute approximate surface area is 148 Å². The fraction of sp³-hybridized carbons (Fsp3) is 0.556. The Hall–Kier alpha value is -1.69. The zero-order chi connectivity index (χ0) is 18.3. The van der Waals surface area contributed by atoms with Gasteiger partial charge in [-0.05, 0) is 58.6 Å². The number of nitrogens with one attached hydrogen (secondary N) is 1. The molecule has 1 N–H and O–H groups in total. The lowest BCUT2D eigenvalue weighted by atomic mass is 10.1. The van der Waals surface area contributed by atoms with Crippen molar-refractivity contribution in [3.63, 3.8) is 0 Å². The van der Waals surface area contributed by atoms with Crippen molar-refractivity contribution >= 4 is 23.8 Å². The first-order chi connectivity index (χ1) is 11.1. The SMILES string of the molecule is CSc1cccc(CC(NC(=O)OC(C)(C)C)C(=O)OC(C)C)c1. The van der Waals surface area contributed by atoms with Crippen molar-refractivity contribution in [2.24, 2.45) is 0 Å². The topological polar surface area (TPSA) is 64.6 Å². The quantitative estimate of drug-likeness (QED) is 0.622. The number of rotatable bonds is 6. The Kier molecular flexibility index (Phi) is 7.60. The number of amides is 1. The van der Waals surface area contributed by atoms with Crippen molar-refractivity contribution in [2.45, 2.75) is 63.7 Å². The van der Waals surface area contributed by atoms with Crippen molar-refractivity contribution in [1.82, 2.24) is 5.32 Å². The van der Waals surface area contributed by atoms with Crippen molar-refractivity contribution in [1.29, 1.82) is 0 Å². The zero-order valence-corrected chi connectivity index (χ0v) is 16.0. The van der Waals surface area contributed by atoms with Gasteiger partial charge in [-0.1, -0.05) is 12.1 Å². The van der Waals surface area contributed by atoms with Gasteiger partial charge in [-0.25, -0.2) is 9.59 Å². The van der Waals surface area contributed by atoms with Crippen LogP contribution in [0.2, 0.25) is 0 Å². The van der Waals surface area contributed by atoms with Gasteiger partial charge in [-0.2, -0.15) is 0 Å². The highest BCUT2D eigenvalue weighted by Crippen LogP contribution is 2.17. The highest BCUT2D eigenvalue weighted by Gasteiger charge is 2.26. The molecule has 0 bridgehead atoms. The van der Waals surface area contributed by atoms with Gasteiger partial charge >= 0.3 is 12.1 Å². The fourth-order valence-corrected chi connectivity index (χ4v) is 2.48. The molecule has 1 aromatic carbocycles. The Morgan fingerprint density at radius 3 is 2.46 bits per heavy atom. The molecule has 134 valence electrons. The Balaban J connectivity index is 2.88. The summed E-state index contributed by atoms with van der Waals surface area (Å²) in [6.07, 6.45) is 1.45. The molecular formula is C18H27NO4S. The predicted molar refractivity (Wildman–Crippen MR) is 96.3 cm³/mol. The molecule has 1 atom stereocenters. The van der Waals surface area contributed by atoms with Gasteiger partial charge in [0.25, 0.3) is 0 Å². The number of thioether (sulfide) groups is 1. The number of alkyl carbamates (subject to hydrolysis) is 1. The van der Waals surface area contributed by atoms with Gasteiger partial charge < -0.3 is 14.8 Å². The van der Waals surface area contributed by atoms with E-state index in [-0.39, 0.29) is 6.10 Å². The third-order valence-corrected chi connectivity index (χ3v) is 3.63. The normalized spacial score (nSPS) is 12.6. The molecule has 1 aromatic rings. The van der Waals surface area contributed by atoms with Gasteiger partial charge in [0.2, 0.25) is 0 Å². The van der Waals surface area contributed by atoms with Crippen LogP contribution in [-0.2, 0) is 20.7 Å². The maximum absolute atomic E-state index is 12.3. The number of ether oxygens (including phenoxy) is 2. The maximum Gasteiger partial charge on any atom is 0.408 e. The predicted octanol–water partition coefficient (Wildman–Crippen LogP) is 3.80. The van der Waals surface area contributed by atoms with Crippen molar-refractivity contribution < 1.29 is 19.1 Å². The number of carbonyl (C=O) groups is 2. The minimum absolute atomic E-state index is 0.252. The van der Waals surface area contributed by atoms with Crippen LogP contribution in [0.1, 0.15) is 40.2 Å². The second-order valence-electron chi connectivity index (χ2n) is 6.74. The molecule has 5 nitrogen and oxygen atoms in total. The summed E-state index contributed by atoms with van der Waals surface area (Å²) in [5.74, 6) is -0.467. The van der Waals surface area contributed by atoms with E-state index >= 15 is 0 Å². The van der Waals surface area contributed by atoms with Crippen LogP contribution in [0.25, 0.3) is 0 Å². The van der Waals surface area contributed by atoms with E-state index < -0.39 is 23.7 Å². The Morgan fingerprint density at radius 2 is 1.92 bits per heavy atom. The lowest BCUT2D eigenvalue weighted by Crippen LogP contribution is -2.46. The van der Waals surface area contributed by atoms with E-state index in [9.17, 15) is 9.59 Å². The van der Waals surface area contributed by atoms with Crippen LogP contribution in [0.4, 0.5) is 4.79 Å². The first kappa shape index (κ1) is 20.4. The number of hydrogen-bond acceptors (Lipinski definition) is 5. The van der Waals surface area contributed by atoms with Gasteiger partial charge in [-0.3, -0.25) is 0 Å². The van der Waals surface area contributed by atoms with E-state index in [0.29, 0.717) is 6.42 Å². The lowest BCUT2D eigenvalue weighted by Gasteiger charge is -2.23. The molecule has 0 saturated carbocycles. The second-order valence-corrected chi connectivity index (χ2v) is 7.62. The lowest BCUT2D eigenvalue weighted by molar-refractivity contribution is -0.149. The monoisotopic (exact) mass is 353 g/mol. The molecule has 0 heterocycles.